The van der Waals surface area contributed by atoms with Crippen LogP contribution < -0.4 is 10.2 Å². The second-order valence-corrected chi connectivity index (χ2v) is 7.73. The number of hydrogen-bond acceptors (Lipinski definition) is 3. The summed E-state index contributed by atoms with van der Waals surface area (Å²) in [5.41, 5.74) is 2.35. The zero-order valence-electron chi connectivity index (χ0n) is 15.2. The molecule has 1 N–H and O–H groups in total. The van der Waals surface area contributed by atoms with E-state index in [-0.39, 0.29) is 17.6 Å². The molecule has 1 aliphatic heterocycles. The molecule has 2 amide bonds. The lowest BCUT2D eigenvalue weighted by molar-refractivity contribution is -0.117. The molecule has 4 rings (SSSR count). The quantitative estimate of drug-likeness (QED) is 0.687. The molecule has 142 valence electrons. The molecule has 3 aromatic rings. The first-order valence-corrected chi connectivity index (χ1v) is 9.96. The van der Waals surface area contributed by atoms with Crippen molar-refractivity contribution >= 4 is 28.8 Å². The number of hydrogen-bond donors (Lipinski definition) is 1. The maximum absolute atomic E-state index is 13.9. The van der Waals surface area contributed by atoms with Gasteiger partial charge < -0.3 is 10.2 Å². The molecule has 4 nitrogen and oxygen atoms in total. The Morgan fingerprint density at radius 1 is 1.07 bits per heavy atom. The van der Waals surface area contributed by atoms with E-state index in [2.05, 4.69) is 5.32 Å². The van der Waals surface area contributed by atoms with Gasteiger partial charge in [0.1, 0.15) is 5.82 Å². The van der Waals surface area contributed by atoms with E-state index < -0.39 is 0 Å². The lowest BCUT2D eigenvalue weighted by atomic mass is 10.2. The number of rotatable bonds is 5. The van der Waals surface area contributed by atoms with Crippen molar-refractivity contribution in [1.29, 1.82) is 0 Å². The Hall–Kier alpha value is -2.99. The Bertz CT molecular complexity index is 1010. The number of halogens is 1. The molecule has 1 fully saturated rings. The largest absolute Gasteiger partial charge is 0.347 e. The average Bonchev–Trinajstić information content (AvgIpc) is 3.36. The average molecular weight is 394 g/mol. The van der Waals surface area contributed by atoms with Crippen LogP contribution >= 0.6 is 11.3 Å². The van der Waals surface area contributed by atoms with Crippen molar-refractivity contribution in [3.63, 3.8) is 0 Å². The van der Waals surface area contributed by atoms with Gasteiger partial charge in [-0.3, -0.25) is 9.59 Å². The molecular weight excluding hydrogens is 375 g/mol. The third-order valence-corrected chi connectivity index (χ3v) is 5.86. The molecule has 0 spiro atoms. The van der Waals surface area contributed by atoms with Gasteiger partial charge in [0.05, 0.1) is 4.88 Å². The zero-order chi connectivity index (χ0) is 19.5. The van der Waals surface area contributed by atoms with E-state index in [1.54, 1.807) is 35.2 Å². The first-order chi connectivity index (χ1) is 13.6. The molecule has 0 bridgehead atoms. The van der Waals surface area contributed by atoms with Crippen LogP contribution in [0.15, 0.2) is 60.7 Å². The van der Waals surface area contributed by atoms with Crippen LogP contribution in [0.25, 0.3) is 10.4 Å². The van der Waals surface area contributed by atoms with E-state index >= 15 is 0 Å². The molecule has 0 saturated carbocycles. The van der Waals surface area contributed by atoms with Crippen LogP contribution in [-0.2, 0) is 11.3 Å². The molecule has 2 aromatic carbocycles. The highest BCUT2D eigenvalue weighted by atomic mass is 32.1. The number of carbonyl (C=O) groups excluding carboxylic acids is 2. The van der Waals surface area contributed by atoms with Gasteiger partial charge in [0.2, 0.25) is 5.91 Å². The molecule has 1 aromatic heterocycles. The highest BCUT2D eigenvalue weighted by Gasteiger charge is 2.21. The minimum Gasteiger partial charge on any atom is -0.347 e. The second-order valence-electron chi connectivity index (χ2n) is 6.64. The normalized spacial score (nSPS) is 13.8. The van der Waals surface area contributed by atoms with E-state index in [4.69, 9.17) is 0 Å². The van der Waals surface area contributed by atoms with Crippen LogP contribution in [0.1, 0.15) is 28.1 Å². The maximum Gasteiger partial charge on any atom is 0.261 e. The fraction of sp³-hybridized carbons (Fsp3) is 0.182. The Labute approximate surface area is 166 Å². The van der Waals surface area contributed by atoms with Crippen LogP contribution in [0, 0.1) is 5.82 Å². The molecule has 2 heterocycles. The first kappa shape index (κ1) is 18.4. The third kappa shape index (κ3) is 3.82. The van der Waals surface area contributed by atoms with Gasteiger partial charge in [0.15, 0.2) is 0 Å². The molecule has 1 saturated heterocycles. The summed E-state index contributed by atoms with van der Waals surface area (Å²) in [5, 5.41) is 2.89. The Morgan fingerprint density at radius 3 is 2.57 bits per heavy atom. The summed E-state index contributed by atoms with van der Waals surface area (Å²) >= 11 is 1.27. The van der Waals surface area contributed by atoms with E-state index in [0.29, 0.717) is 23.4 Å². The predicted octanol–water partition coefficient (Wildman–Crippen LogP) is 4.61. The van der Waals surface area contributed by atoms with Crippen molar-refractivity contribution in [3.05, 3.63) is 76.9 Å². The lowest BCUT2D eigenvalue weighted by Crippen LogP contribution is -2.24. The van der Waals surface area contributed by atoms with Gasteiger partial charge in [-0.2, -0.15) is 0 Å². The molecule has 0 atom stereocenters. The molecule has 1 aliphatic rings. The smallest absolute Gasteiger partial charge is 0.261 e. The third-order valence-electron chi connectivity index (χ3n) is 4.74. The van der Waals surface area contributed by atoms with Crippen molar-refractivity contribution in [3.8, 4) is 10.4 Å². The summed E-state index contributed by atoms with van der Waals surface area (Å²) in [6.45, 7) is 1.15. The first-order valence-electron chi connectivity index (χ1n) is 9.14. The van der Waals surface area contributed by atoms with Crippen molar-refractivity contribution in [2.24, 2.45) is 0 Å². The summed E-state index contributed by atoms with van der Waals surface area (Å²) in [7, 11) is 0. The van der Waals surface area contributed by atoms with Crippen molar-refractivity contribution in [2.75, 3.05) is 11.4 Å². The van der Waals surface area contributed by atoms with Crippen LogP contribution in [0.3, 0.4) is 0 Å². The molecule has 0 aliphatic carbocycles. The number of anilines is 1. The molecule has 0 radical (unpaired) electrons. The number of nitrogens with one attached hydrogen (secondary N) is 1. The van der Waals surface area contributed by atoms with Crippen molar-refractivity contribution < 1.29 is 14.0 Å². The minimum atomic E-state index is -0.298. The maximum atomic E-state index is 13.9. The fourth-order valence-corrected chi connectivity index (χ4v) is 4.20. The summed E-state index contributed by atoms with van der Waals surface area (Å²) < 4.78 is 13.9. The van der Waals surface area contributed by atoms with Gasteiger partial charge >= 0.3 is 0 Å². The number of benzene rings is 2. The van der Waals surface area contributed by atoms with Crippen LogP contribution in [0.4, 0.5) is 10.1 Å². The summed E-state index contributed by atoms with van der Waals surface area (Å²) in [6.07, 6.45) is 1.50. The standard InChI is InChI=1S/C22H19FN2O2S/c23-18-5-2-1-4-17(18)19-11-12-20(28-19)22(27)24-14-15-7-9-16(10-8-15)25-13-3-6-21(25)26/h1-2,4-5,7-12H,3,6,13-14H2,(H,24,27). The van der Waals surface area contributed by atoms with Crippen LogP contribution in [-0.4, -0.2) is 18.4 Å². The Kier molecular flexibility index (Phi) is 5.21. The highest BCUT2D eigenvalue weighted by Crippen LogP contribution is 2.30. The zero-order valence-corrected chi connectivity index (χ0v) is 16.0. The van der Waals surface area contributed by atoms with E-state index in [1.807, 2.05) is 24.3 Å². The van der Waals surface area contributed by atoms with Gasteiger partial charge in [-0.15, -0.1) is 11.3 Å². The number of nitrogens with zero attached hydrogens (tertiary/aromatic N) is 1. The second kappa shape index (κ2) is 7.94. The fourth-order valence-electron chi connectivity index (χ4n) is 3.25. The summed E-state index contributed by atoms with van der Waals surface area (Å²) in [4.78, 5) is 27.3. The molecule has 0 unspecified atom stereocenters. The van der Waals surface area contributed by atoms with Crippen LogP contribution in [0.5, 0.6) is 0 Å². The number of thiophene rings is 1. The molecular formula is C22H19FN2O2S. The summed E-state index contributed by atoms with van der Waals surface area (Å²) in [6, 6.07) is 17.7. The van der Waals surface area contributed by atoms with Gasteiger partial charge in [-0.05, 0) is 42.3 Å². The molecule has 6 heteroatoms. The van der Waals surface area contributed by atoms with Crippen LogP contribution in [0.2, 0.25) is 0 Å². The Balaban J connectivity index is 1.38. The lowest BCUT2D eigenvalue weighted by Gasteiger charge is -2.16. The SMILES string of the molecule is O=C(NCc1ccc(N2CCCC2=O)cc1)c1ccc(-c2ccccc2F)s1. The highest BCUT2D eigenvalue weighted by molar-refractivity contribution is 7.17. The predicted molar refractivity (Wildman–Crippen MR) is 109 cm³/mol. The number of amides is 2. The van der Waals surface area contributed by atoms with Gasteiger partial charge in [-0.25, -0.2) is 4.39 Å². The summed E-state index contributed by atoms with van der Waals surface area (Å²) in [5.74, 6) is -0.330. The van der Waals surface area contributed by atoms with Gasteiger partial charge in [-0.1, -0.05) is 30.3 Å². The van der Waals surface area contributed by atoms with Gasteiger partial charge in [0.25, 0.3) is 5.91 Å². The van der Waals surface area contributed by atoms with E-state index in [9.17, 15) is 14.0 Å². The van der Waals surface area contributed by atoms with Crippen molar-refractivity contribution in [1.82, 2.24) is 5.32 Å². The van der Waals surface area contributed by atoms with E-state index in [0.717, 1.165) is 29.1 Å². The minimum absolute atomic E-state index is 0.157. The Morgan fingerprint density at radius 2 is 1.86 bits per heavy atom. The van der Waals surface area contributed by atoms with E-state index in [1.165, 1.54) is 17.4 Å². The monoisotopic (exact) mass is 394 g/mol. The molecule has 28 heavy (non-hydrogen) atoms. The van der Waals surface area contributed by atoms with Gasteiger partial charge in [0, 0.05) is 35.6 Å². The topological polar surface area (TPSA) is 49.4 Å². The number of carbonyl (C=O) groups is 2. The van der Waals surface area contributed by atoms with Crippen molar-refractivity contribution in [2.45, 2.75) is 19.4 Å².